The summed E-state index contributed by atoms with van der Waals surface area (Å²) in [5.41, 5.74) is 4.60. The second-order valence-corrected chi connectivity index (χ2v) is 20.3. The lowest BCUT2D eigenvalue weighted by Gasteiger charge is -2.59. The quantitative estimate of drug-likeness (QED) is 0.336. The third kappa shape index (κ3) is 5.00. The molecule has 208 valence electrons. The van der Waals surface area contributed by atoms with Gasteiger partial charge in [0.1, 0.15) is 0 Å². The highest BCUT2D eigenvalue weighted by molar-refractivity contribution is 7.60. The van der Waals surface area contributed by atoms with E-state index in [4.69, 9.17) is 0 Å². The Balaban J connectivity index is 1.36. The van der Waals surface area contributed by atoms with Gasteiger partial charge in [0.25, 0.3) is 0 Å². The van der Waals surface area contributed by atoms with Gasteiger partial charge in [0.05, 0.1) is 0 Å². The van der Waals surface area contributed by atoms with E-state index in [-0.39, 0.29) is 18.5 Å². The van der Waals surface area contributed by atoms with Crippen LogP contribution in [0.1, 0.15) is 99.3 Å². The van der Waals surface area contributed by atoms with E-state index in [2.05, 4.69) is 73.6 Å². The van der Waals surface area contributed by atoms with Gasteiger partial charge in [0.15, 0.2) is 0 Å². The van der Waals surface area contributed by atoms with E-state index >= 15 is 0 Å². The van der Waals surface area contributed by atoms with E-state index in [0.29, 0.717) is 23.2 Å². The maximum absolute atomic E-state index is 3.99. The summed E-state index contributed by atoms with van der Waals surface area (Å²) in [4.78, 5) is 0. The van der Waals surface area contributed by atoms with Gasteiger partial charge in [-0.05, 0) is 128 Å². The van der Waals surface area contributed by atoms with Gasteiger partial charge in [0.2, 0.25) is 0 Å². The molecule has 7 rings (SSSR count). The zero-order valence-corrected chi connectivity index (χ0v) is 26.8. The van der Waals surface area contributed by atoms with Gasteiger partial charge in [0, 0.05) is 23.2 Å². The summed E-state index contributed by atoms with van der Waals surface area (Å²) >= 11 is 0. The fraction of sp³-hybridized carbons (Fsp3) is 0.879. The van der Waals surface area contributed by atoms with Gasteiger partial charge in [-0.15, -0.1) is 9.24 Å². The zero-order chi connectivity index (χ0) is 26.2. The molecule has 0 aromatic rings. The normalized spacial score (nSPS) is 42.1. The van der Waals surface area contributed by atoms with Gasteiger partial charge in [-0.25, -0.2) is 0 Å². The summed E-state index contributed by atoms with van der Waals surface area (Å²) in [6.07, 6.45) is 20.0. The standard InChI is InChI=1S/C33H56N2P2/c1-31(2,3)26-18-25(27(19-26)33(36,28-9-7-11-34-28)29-10-8-12-35-29)20-37(32(4,5)6)30-23-14-21-13-22(16-23)17-24(30)15-21/h18-19,21-25,28-30,34-35H,7-17,20,36H2,1-6H3. The van der Waals surface area contributed by atoms with Crippen molar-refractivity contribution in [1.82, 2.24) is 10.6 Å². The van der Waals surface area contributed by atoms with E-state index in [1.165, 1.54) is 44.9 Å². The molecule has 37 heavy (non-hydrogen) atoms. The Bertz CT molecular complexity index is 866. The molecule has 5 unspecified atom stereocenters. The van der Waals surface area contributed by atoms with Gasteiger partial charge < -0.3 is 10.6 Å². The first-order valence-electron chi connectivity index (χ1n) is 15.9. The van der Waals surface area contributed by atoms with Crippen molar-refractivity contribution in [1.29, 1.82) is 0 Å². The van der Waals surface area contributed by atoms with Gasteiger partial charge in [-0.1, -0.05) is 61.6 Å². The molecule has 0 radical (unpaired) electrons. The number of rotatable bonds is 6. The van der Waals surface area contributed by atoms with E-state index in [1.807, 2.05) is 0 Å². The molecule has 2 aliphatic heterocycles. The van der Waals surface area contributed by atoms with Crippen molar-refractivity contribution in [2.45, 2.75) is 127 Å². The number of nitrogens with one attached hydrogen (secondary N) is 2. The van der Waals surface area contributed by atoms with Crippen LogP contribution in [0.25, 0.3) is 0 Å². The monoisotopic (exact) mass is 542 g/mol. The Morgan fingerprint density at radius 3 is 1.81 bits per heavy atom. The molecular formula is C33H56N2P2. The van der Waals surface area contributed by atoms with Crippen molar-refractivity contribution in [3.05, 3.63) is 23.3 Å². The fourth-order valence-corrected chi connectivity index (χ4v) is 14.8. The highest BCUT2D eigenvalue weighted by atomic mass is 31.1. The Morgan fingerprint density at radius 2 is 1.38 bits per heavy atom. The topological polar surface area (TPSA) is 24.1 Å². The predicted octanol–water partition coefficient (Wildman–Crippen LogP) is 7.74. The molecular weight excluding hydrogens is 486 g/mol. The molecule has 5 aliphatic carbocycles. The number of hydrogen-bond donors (Lipinski definition) is 2. The highest BCUT2D eigenvalue weighted by Gasteiger charge is 2.54. The SMILES string of the molecule is CC(C)(C)C1=CC(CP(C2C3CC4CC(C3)CC2C4)C(C)(C)C)C(C(P)(C2CCCN2)C2CCCN2)=C1. The fourth-order valence-electron chi connectivity index (χ4n) is 9.98. The van der Waals surface area contributed by atoms with Crippen LogP contribution in [-0.2, 0) is 0 Å². The third-order valence-electron chi connectivity index (χ3n) is 11.5. The van der Waals surface area contributed by atoms with E-state index in [9.17, 15) is 0 Å². The summed E-state index contributed by atoms with van der Waals surface area (Å²) in [6, 6.07) is 1.16. The molecule has 7 aliphatic rings. The minimum Gasteiger partial charge on any atom is -0.313 e. The first kappa shape index (κ1) is 27.4. The zero-order valence-electron chi connectivity index (χ0n) is 24.8. The molecule has 6 fully saturated rings. The predicted molar refractivity (Wildman–Crippen MR) is 166 cm³/mol. The first-order chi connectivity index (χ1) is 17.4. The first-order valence-corrected chi connectivity index (χ1v) is 18.1. The lowest BCUT2D eigenvalue weighted by Crippen LogP contribution is -2.57. The molecule has 4 heteroatoms. The van der Waals surface area contributed by atoms with Crippen LogP contribution in [-0.4, -0.2) is 47.3 Å². The molecule has 5 atom stereocenters. The third-order valence-corrected chi connectivity index (χ3v) is 16.7. The number of hydrogen-bond acceptors (Lipinski definition) is 2. The summed E-state index contributed by atoms with van der Waals surface area (Å²) in [7, 11) is 3.47. The van der Waals surface area contributed by atoms with Crippen LogP contribution in [0.15, 0.2) is 23.3 Å². The van der Waals surface area contributed by atoms with Gasteiger partial charge in [-0.2, -0.15) is 0 Å². The average molecular weight is 543 g/mol. The van der Waals surface area contributed by atoms with E-state index in [0.717, 1.165) is 29.3 Å². The van der Waals surface area contributed by atoms with Crippen LogP contribution in [0.3, 0.4) is 0 Å². The van der Waals surface area contributed by atoms with E-state index < -0.39 is 0 Å². The summed E-state index contributed by atoms with van der Waals surface area (Å²) < 4.78 is 0. The minimum atomic E-state index is -0.0512. The molecule has 4 saturated carbocycles. The minimum absolute atomic E-state index is 0.0512. The highest BCUT2D eigenvalue weighted by Crippen LogP contribution is 2.68. The van der Waals surface area contributed by atoms with E-state index in [1.54, 1.807) is 43.3 Å². The summed E-state index contributed by atoms with van der Waals surface area (Å²) in [6.45, 7) is 17.5. The Morgan fingerprint density at radius 1 is 0.838 bits per heavy atom. The van der Waals surface area contributed by atoms with Crippen molar-refractivity contribution in [2.75, 3.05) is 19.3 Å². The molecule has 4 bridgehead atoms. The number of allylic oxidation sites excluding steroid dienone is 3. The van der Waals surface area contributed by atoms with Crippen LogP contribution >= 0.6 is 17.2 Å². The second kappa shape index (κ2) is 9.97. The van der Waals surface area contributed by atoms with Crippen LogP contribution < -0.4 is 10.6 Å². The molecule has 0 aromatic heterocycles. The average Bonchev–Trinajstić information content (AvgIpc) is 3.58. The molecule has 2 nitrogen and oxygen atoms in total. The van der Waals surface area contributed by atoms with Crippen LogP contribution in [0.5, 0.6) is 0 Å². The molecule has 0 amide bonds. The summed E-state index contributed by atoms with van der Waals surface area (Å²) in [5, 5.41) is 8.55. The largest absolute Gasteiger partial charge is 0.313 e. The molecule has 2 heterocycles. The van der Waals surface area contributed by atoms with Gasteiger partial charge in [-0.3, -0.25) is 0 Å². The van der Waals surface area contributed by atoms with Crippen LogP contribution in [0, 0.1) is 35.0 Å². The molecule has 2 saturated heterocycles. The Kier molecular flexibility index (Phi) is 7.39. The maximum atomic E-state index is 3.99. The van der Waals surface area contributed by atoms with Crippen molar-refractivity contribution in [3.63, 3.8) is 0 Å². The summed E-state index contributed by atoms with van der Waals surface area (Å²) in [5.74, 6) is 4.84. The van der Waals surface area contributed by atoms with Crippen LogP contribution in [0.4, 0.5) is 0 Å². The second-order valence-electron chi connectivity index (χ2n) is 16.1. The van der Waals surface area contributed by atoms with Crippen molar-refractivity contribution in [3.8, 4) is 0 Å². The van der Waals surface area contributed by atoms with Crippen molar-refractivity contribution in [2.24, 2.45) is 35.0 Å². The van der Waals surface area contributed by atoms with Crippen molar-refractivity contribution >= 4 is 17.2 Å². The lowest BCUT2D eigenvalue weighted by molar-refractivity contribution is 0.0242. The Hall–Kier alpha value is 0.260. The van der Waals surface area contributed by atoms with Crippen molar-refractivity contribution < 1.29 is 0 Å². The van der Waals surface area contributed by atoms with Gasteiger partial charge >= 0.3 is 0 Å². The molecule has 0 aromatic carbocycles. The van der Waals surface area contributed by atoms with Crippen LogP contribution in [0.2, 0.25) is 0 Å². The molecule has 2 N–H and O–H groups in total. The Labute approximate surface area is 232 Å². The smallest absolute Gasteiger partial charge is 0.0370 e. The maximum Gasteiger partial charge on any atom is 0.0370 e. The lowest BCUT2D eigenvalue weighted by atomic mass is 9.56. The molecule has 0 spiro atoms.